The third kappa shape index (κ3) is 68.5. The summed E-state index contributed by atoms with van der Waals surface area (Å²) in [5.74, 6) is -0.899. The van der Waals surface area contributed by atoms with Crippen molar-refractivity contribution >= 4 is 17.9 Å². The molecule has 0 fully saturated rings. The van der Waals surface area contributed by atoms with Crippen molar-refractivity contribution in [2.24, 2.45) is 0 Å². The SMILES string of the molecule is CC/C=C\C/C=C\C/C=C\C/C=C\C/C=C\C/C=C\CCCCCCCCCCCCC(=O)OCC(COC(=O)CCCCCCC/C=C\C/C=C\CCCCC)OC(=O)CCCCCCCCCCC/C=C\C/C=C\CCCCCCC. The number of hydrogen-bond donors (Lipinski definition) is 0. The molecule has 0 saturated heterocycles. The summed E-state index contributed by atoms with van der Waals surface area (Å²) in [6, 6.07) is 0. The standard InChI is InChI=1S/C77H130O6/c1-4-7-10-13-16-19-22-25-28-30-32-34-35-36-37-38-39-40-41-43-44-46-49-52-55-58-61-64-67-70-76(79)82-73-74(72-81-75(78)69-66-63-60-57-54-51-48-27-24-21-18-15-12-9-6-3)83-77(80)71-68-65-62-59-56-53-50-47-45-42-33-31-29-26-23-20-17-14-11-8-5-2/h7,10,16,18-19,21,23,25-28,31-34,36-37,39-40,48,74H,4-6,8-9,11-15,17,20,22,24,29-30,35,38,41-47,49-73H2,1-3H3/b10-7-,19-16-,21-18-,26-23-,28-25-,33-31-,34-32-,37-36-,40-39-,48-27-. The predicted molar refractivity (Wildman–Crippen MR) is 362 cm³/mol. The van der Waals surface area contributed by atoms with Crippen LogP contribution in [-0.2, 0) is 28.6 Å². The van der Waals surface area contributed by atoms with Crippen LogP contribution in [0.5, 0.6) is 0 Å². The summed E-state index contributed by atoms with van der Waals surface area (Å²) in [5.41, 5.74) is 0. The van der Waals surface area contributed by atoms with E-state index in [0.717, 1.165) is 128 Å². The van der Waals surface area contributed by atoms with Gasteiger partial charge in [0.15, 0.2) is 6.10 Å². The lowest BCUT2D eigenvalue weighted by atomic mass is 10.1. The maximum Gasteiger partial charge on any atom is 0.306 e. The lowest BCUT2D eigenvalue weighted by Crippen LogP contribution is -2.30. The molecule has 0 aromatic heterocycles. The fourth-order valence-corrected chi connectivity index (χ4v) is 9.68. The van der Waals surface area contributed by atoms with Crippen molar-refractivity contribution in [1.82, 2.24) is 0 Å². The summed E-state index contributed by atoms with van der Waals surface area (Å²) in [7, 11) is 0. The summed E-state index contributed by atoms with van der Waals surface area (Å²) in [6.45, 7) is 6.50. The Balaban J connectivity index is 4.35. The smallest absolute Gasteiger partial charge is 0.306 e. The summed E-state index contributed by atoms with van der Waals surface area (Å²) < 4.78 is 17.0. The first-order chi connectivity index (χ1) is 41.0. The van der Waals surface area contributed by atoms with Crippen LogP contribution in [0.25, 0.3) is 0 Å². The molecular formula is C77H130O6. The zero-order valence-electron chi connectivity index (χ0n) is 54.4. The minimum absolute atomic E-state index is 0.0874. The average Bonchev–Trinajstić information content (AvgIpc) is 3.49. The van der Waals surface area contributed by atoms with Gasteiger partial charge in [-0.3, -0.25) is 14.4 Å². The van der Waals surface area contributed by atoms with E-state index in [2.05, 4.69) is 142 Å². The van der Waals surface area contributed by atoms with Crippen molar-refractivity contribution in [3.8, 4) is 0 Å². The second-order valence-corrected chi connectivity index (χ2v) is 23.1. The van der Waals surface area contributed by atoms with Gasteiger partial charge in [-0.1, -0.05) is 296 Å². The molecule has 474 valence electrons. The highest BCUT2D eigenvalue weighted by atomic mass is 16.6. The zero-order valence-corrected chi connectivity index (χ0v) is 54.4. The molecule has 6 heteroatoms. The van der Waals surface area contributed by atoms with Crippen LogP contribution in [-0.4, -0.2) is 37.2 Å². The number of esters is 3. The molecule has 0 N–H and O–H groups in total. The quantitative estimate of drug-likeness (QED) is 0.0261. The van der Waals surface area contributed by atoms with Crippen molar-refractivity contribution < 1.29 is 28.6 Å². The van der Waals surface area contributed by atoms with Crippen LogP contribution in [0, 0.1) is 0 Å². The Morgan fingerprint density at radius 3 is 0.759 bits per heavy atom. The Morgan fingerprint density at radius 1 is 0.253 bits per heavy atom. The van der Waals surface area contributed by atoms with Gasteiger partial charge >= 0.3 is 17.9 Å². The normalized spacial score (nSPS) is 12.9. The van der Waals surface area contributed by atoms with E-state index in [1.807, 2.05) is 0 Å². The van der Waals surface area contributed by atoms with E-state index < -0.39 is 6.10 Å². The lowest BCUT2D eigenvalue weighted by molar-refractivity contribution is -0.167. The van der Waals surface area contributed by atoms with E-state index >= 15 is 0 Å². The first-order valence-corrected chi connectivity index (χ1v) is 35.0. The second-order valence-electron chi connectivity index (χ2n) is 23.1. The number of ether oxygens (including phenoxy) is 3. The zero-order chi connectivity index (χ0) is 59.9. The molecule has 0 spiro atoms. The molecule has 6 nitrogen and oxygen atoms in total. The molecule has 0 heterocycles. The van der Waals surface area contributed by atoms with Crippen LogP contribution in [0.4, 0.5) is 0 Å². The average molecular weight is 1150 g/mol. The molecule has 0 bridgehead atoms. The molecule has 0 aliphatic rings. The van der Waals surface area contributed by atoms with E-state index in [-0.39, 0.29) is 31.1 Å². The highest BCUT2D eigenvalue weighted by Gasteiger charge is 2.19. The van der Waals surface area contributed by atoms with Crippen LogP contribution in [0.2, 0.25) is 0 Å². The van der Waals surface area contributed by atoms with Crippen LogP contribution >= 0.6 is 0 Å². The molecule has 0 aliphatic carbocycles. The first-order valence-electron chi connectivity index (χ1n) is 35.0. The monoisotopic (exact) mass is 1150 g/mol. The largest absolute Gasteiger partial charge is 0.462 e. The topological polar surface area (TPSA) is 78.9 Å². The molecular weight excluding hydrogens is 1020 g/mol. The van der Waals surface area contributed by atoms with Crippen LogP contribution < -0.4 is 0 Å². The van der Waals surface area contributed by atoms with Gasteiger partial charge in [0.05, 0.1) is 0 Å². The molecule has 0 aliphatic heterocycles. The number of rotatable bonds is 63. The van der Waals surface area contributed by atoms with Gasteiger partial charge in [-0.25, -0.2) is 0 Å². The highest BCUT2D eigenvalue weighted by Crippen LogP contribution is 2.16. The summed E-state index contributed by atoms with van der Waals surface area (Å²) in [6.07, 6.45) is 97.8. The maximum atomic E-state index is 13.0. The Hall–Kier alpha value is -4.19. The molecule has 0 radical (unpaired) electrons. The fourth-order valence-electron chi connectivity index (χ4n) is 9.68. The molecule has 0 amide bonds. The Kier molecular flexibility index (Phi) is 66.7. The van der Waals surface area contributed by atoms with E-state index in [9.17, 15) is 14.4 Å². The Morgan fingerprint density at radius 2 is 0.470 bits per heavy atom. The second kappa shape index (κ2) is 70.3. The van der Waals surface area contributed by atoms with Gasteiger partial charge in [0.25, 0.3) is 0 Å². The minimum atomic E-state index is -0.793. The number of carbonyl (C=O) groups is 3. The van der Waals surface area contributed by atoms with Gasteiger partial charge in [-0.05, 0) is 135 Å². The third-order valence-electron chi connectivity index (χ3n) is 14.9. The molecule has 1 atom stereocenters. The number of unbranched alkanes of at least 4 members (excludes halogenated alkanes) is 32. The summed E-state index contributed by atoms with van der Waals surface area (Å²) in [4.78, 5) is 38.5. The van der Waals surface area contributed by atoms with Crippen molar-refractivity contribution in [2.75, 3.05) is 13.2 Å². The van der Waals surface area contributed by atoms with Gasteiger partial charge in [0, 0.05) is 19.3 Å². The lowest BCUT2D eigenvalue weighted by Gasteiger charge is -2.18. The van der Waals surface area contributed by atoms with E-state index in [4.69, 9.17) is 14.2 Å². The summed E-state index contributed by atoms with van der Waals surface area (Å²) >= 11 is 0. The van der Waals surface area contributed by atoms with Gasteiger partial charge < -0.3 is 14.2 Å². The predicted octanol–water partition coefficient (Wildman–Crippen LogP) is 24.3. The van der Waals surface area contributed by atoms with Gasteiger partial charge in [0.2, 0.25) is 0 Å². The number of allylic oxidation sites excluding steroid dienone is 20. The van der Waals surface area contributed by atoms with Gasteiger partial charge in [-0.2, -0.15) is 0 Å². The molecule has 83 heavy (non-hydrogen) atoms. The number of hydrogen-bond acceptors (Lipinski definition) is 6. The third-order valence-corrected chi connectivity index (χ3v) is 14.9. The van der Waals surface area contributed by atoms with Crippen LogP contribution in [0.3, 0.4) is 0 Å². The fraction of sp³-hybridized carbons (Fsp3) is 0.701. The first kappa shape index (κ1) is 78.8. The van der Waals surface area contributed by atoms with Crippen molar-refractivity contribution in [1.29, 1.82) is 0 Å². The maximum absolute atomic E-state index is 13.0. The van der Waals surface area contributed by atoms with Crippen molar-refractivity contribution in [2.45, 2.75) is 335 Å². The van der Waals surface area contributed by atoms with Gasteiger partial charge in [-0.15, -0.1) is 0 Å². The Labute approximate surface area is 513 Å². The van der Waals surface area contributed by atoms with E-state index in [1.54, 1.807) is 0 Å². The molecule has 0 aromatic rings. The van der Waals surface area contributed by atoms with Crippen molar-refractivity contribution in [3.63, 3.8) is 0 Å². The van der Waals surface area contributed by atoms with Gasteiger partial charge in [0.1, 0.15) is 13.2 Å². The van der Waals surface area contributed by atoms with Crippen LogP contribution in [0.15, 0.2) is 122 Å². The Bertz CT molecular complexity index is 1700. The summed E-state index contributed by atoms with van der Waals surface area (Å²) in [5, 5.41) is 0. The molecule has 1 unspecified atom stereocenters. The minimum Gasteiger partial charge on any atom is -0.462 e. The van der Waals surface area contributed by atoms with Crippen molar-refractivity contribution in [3.05, 3.63) is 122 Å². The van der Waals surface area contributed by atoms with Crippen LogP contribution in [0.1, 0.15) is 329 Å². The highest BCUT2D eigenvalue weighted by molar-refractivity contribution is 5.71. The molecule has 0 saturated carbocycles. The number of carbonyl (C=O) groups excluding carboxylic acids is 3. The molecule has 0 rings (SSSR count). The molecule has 0 aromatic carbocycles. The van der Waals surface area contributed by atoms with E-state index in [0.29, 0.717) is 19.3 Å². The van der Waals surface area contributed by atoms with E-state index in [1.165, 1.54) is 161 Å².